The van der Waals surface area contributed by atoms with E-state index in [1.165, 1.54) is 52.9 Å². The fourth-order valence-electron chi connectivity index (χ4n) is 4.24. The normalized spacial score (nSPS) is 12.5. The molecule has 2 heterocycles. The maximum atomic E-state index is 2.23. The van der Waals surface area contributed by atoms with E-state index in [4.69, 9.17) is 0 Å². The monoisotopic (exact) mass is 444 g/mol. The SMILES string of the molecule is c1ccc(C2=S=C(c3ccccc3)c3c(-c4ccccc4)sc(-c4ccccc4)c32)cc1. The molecule has 5 aromatic rings. The van der Waals surface area contributed by atoms with E-state index in [9.17, 15) is 0 Å². The van der Waals surface area contributed by atoms with Crippen LogP contribution in [-0.2, 0) is 0 Å². The van der Waals surface area contributed by atoms with Crippen molar-refractivity contribution in [2.45, 2.75) is 0 Å². The highest BCUT2D eigenvalue weighted by Crippen LogP contribution is 2.47. The summed E-state index contributed by atoms with van der Waals surface area (Å²) in [6, 6.07) is 43.3. The highest BCUT2D eigenvalue weighted by atomic mass is 32.1. The molecule has 4 aromatic carbocycles. The van der Waals surface area contributed by atoms with Crippen molar-refractivity contribution < 1.29 is 0 Å². The predicted molar refractivity (Wildman–Crippen MR) is 142 cm³/mol. The van der Waals surface area contributed by atoms with Crippen LogP contribution in [0.2, 0.25) is 0 Å². The molecule has 152 valence electrons. The lowest BCUT2D eigenvalue weighted by atomic mass is 9.92. The molecule has 0 N–H and O–H groups in total. The third kappa shape index (κ3) is 3.29. The first-order chi connectivity index (χ1) is 15.9. The van der Waals surface area contributed by atoms with E-state index in [1.807, 2.05) is 22.3 Å². The Kier molecular flexibility index (Phi) is 4.95. The first-order valence-corrected chi connectivity index (χ1v) is 12.3. The van der Waals surface area contributed by atoms with Crippen molar-refractivity contribution in [3.8, 4) is 20.9 Å². The zero-order valence-corrected chi connectivity index (χ0v) is 19.0. The number of hydrogen-bond acceptors (Lipinski definition) is 1. The quantitative estimate of drug-likeness (QED) is 0.242. The Balaban J connectivity index is 1.70. The van der Waals surface area contributed by atoms with Gasteiger partial charge >= 0.3 is 0 Å². The molecule has 32 heavy (non-hydrogen) atoms. The van der Waals surface area contributed by atoms with Crippen molar-refractivity contribution in [1.29, 1.82) is 0 Å². The predicted octanol–water partition coefficient (Wildman–Crippen LogP) is 7.97. The molecule has 0 aliphatic carbocycles. The number of thiophene rings is 1. The first kappa shape index (κ1) is 19.2. The molecule has 0 radical (unpaired) electrons. The van der Waals surface area contributed by atoms with Crippen LogP contribution >= 0.6 is 22.3 Å². The minimum Gasteiger partial charge on any atom is -0.134 e. The lowest BCUT2D eigenvalue weighted by Gasteiger charge is -2.08. The molecule has 0 spiro atoms. The van der Waals surface area contributed by atoms with Crippen LogP contribution in [-0.4, -0.2) is 9.73 Å². The molecule has 0 atom stereocenters. The van der Waals surface area contributed by atoms with Crippen LogP contribution in [0.5, 0.6) is 0 Å². The second-order valence-electron chi connectivity index (χ2n) is 7.73. The number of benzene rings is 4. The van der Waals surface area contributed by atoms with Crippen LogP contribution in [0.25, 0.3) is 20.9 Å². The van der Waals surface area contributed by atoms with Gasteiger partial charge in [0.2, 0.25) is 0 Å². The Bertz CT molecular complexity index is 1350. The smallest absolute Gasteiger partial charge is 0.0442 e. The third-order valence-electron chi connectivity index (χ3n) is 5.71. The highest BCUT2D eigenvalue weighted by Gasteiger charge is 2.30. The van der Waals surface area contributed by atoms with E-state index >= 15 is 0 Å². The van der Waals surface area contributed by atoms with Crippen LogP contribution in [0.15, 0.2) is 121 Å². The van der Waals surface area contributed by atoms with Gasteiger partial charge in [-0.05, 0) is 22.3 Å². The van der Waals surface area contributed by atoms with E-state index in [-0.39, 0.29) is 0 Å². The lowest BCUT2D eigenvalue weighted by Crippen LogP contribution is -2.03. The molecule has 0 saturated carbocycles. The van der Waals surface area contributed by atoms with Crippen LogP contribution in [0.3, 0.4) is 0 Å². The fourth-order valence-corrected chi connectivity index (χ4v) is 7.02. The van der Waals surface area contributed by atoms with Crippen molar-refractivity contribution in [2.75, 3.05) is 0 Å². The van der Waals surface area contributed by atoms with E-state index in [0.29, 0.717) is 0 Å². The van der Waals surface area contributed by atoms with Gasteiger partial charge in [0.1, 0.15) is 0 Å². The molecule has 0 fully saturated rings. The first-order valence-electron chi connectivity index (χ1n) is 10.7. The van der Waals surface area contributed by atoms with Crippen LogP contribution in [0, 0.1) is 0 Å². The molecule has 0 nitrogen and oxygen atoms in total. The van der Waals surface area contributed by atoms with Gasteiger partial charge in [-0.15, -0.1) is 22.3 Å². The van der Waals surface area contributed by atoms with Crippen molar-refractivity contribution in [3.05, 3.63) is 144 Å². The van der Waals surface area contributed by atoms with Gasteiger partial charge < -0.3 is 0 Å². The Labute approximate surface area is 196 Å². The van der Waals surface area contributed by atoms with Gasteiger partial charge in [0.05, 0.1) is 0 Å². The number of fused-ring (bicyclic) bond motifs is 1. The summed E-state index contributed by atoms with van der Waals surface area (Å²) < 4.78 is 0. The molecule has 1 aliphatic heterocycles. The summed E-state index contributed by atoms with van der Waals surface area (Å²) in [5.74, 6) is 0. The van der Waals surface area contributed by atoms with Crippen LogP contribution in [0.4, 0.5) is 0 Å². The number of rotatable bonds is 4. The zero-order chi connectivity index (χ0) is 21.3. The maximum absolute atomic E-state index is 2.23. The van der Waals surface area contributed by atoms with Gasteiger partial charge in [-0.1, -0.05) is 121 Å². The minimum atomic E-state index is 1.28. The second kappa shape index (κ2) is 8.23. The molecule has 0 unspecified atom stereocenters. The molecule has 0 bridgehead atoms. The van der Waals surface area contributed by atoms with Gasteiger partial charge in [0, 0.05) is 30.6 Å². The fraction of sp³-hybridized carbons (Fsp3) is 0. The van der Waals surface area contributed by atoms with E-state index in [1.54, 1.807) is 0 Å². The Hall–Kier alpha value is -3.46. The molecule has 1 aliphatic rings. The van der Waals surface area contributed by atoms with Gasteiger partial charge in [-0.25, -0.2) is 0 Å². The Morgan fingerprint density at radius 1 is 0.344 bits per heavy atom. The second-order valence-corrected chi connectivity index (χ2v) is 9.78. The van der Waals surface area contributed by atoms with Gasteiger partial charge in [-0.2, -0.15) is 0 Å². The Morgan fingerprint density at radius 3 is 1.00 bits per heavy atom. The molecule has 6 rings (SSSR count). The van der Waals surface area contributed by atoms with E-state index < -0.39 is 0 Å². The summed E-state index contributed by atoms with van der Waals surface area (Å²) in [6.45, 7) is 0. The summed E-state index contributed by atoms with van der Waals surface area (Å²) >= 11 is 1.91. The minimum absolute atomic E-state index is 1.28. The number of hydrogen-bond donors (Lipinski definition) is 0. The molecule has 0 amide bonds. The standard InChI is InChI=1S/C30H20S2/c1-5-13-21(14-6-1)27-25-26(29(31-27)23-17-9-3-10-18-23)30(24-19-11-4-12-20-24)32-28(25)22-15-7-2-8-16-22/h1-20H. The van der Waals surface area contributed by atoms with Gasteiger partial charge in [0.15, 0.2) is 0 Å². The molecule has 2 heteroatoms. The van der Waals surface area contributed by atoms with Gasteiger partial charge in [0.25, 0.3) is 0 Å². The summed E-state index contributed by atoms with van der Waals surface area (Å²) in [4.78, 5) is 5.38. The average molecular weight is 445 g/mol. The zero-order valence-electron chi connectivity index (χ0n) is 17.4. The lowest BCUT2D eigenvalue weighted by molar-refractivity contribution is 1.62. The topological polar surface area (TPSA) is 0 Å². The van der Waals surface area contributed by atoms with Crippen molar-refractivity contribution in [1.82, 2.24) is 0 Å². The molecular weight excluding hydrogens is 424 g/mol. The Morgan fingerprint density at radius 2 is 0.656 bits per heavy atom. The summed E-state index contributed by atoms with van der Waals surface area (Å²) in [5.41, 5.74) is 7.85. The van der Waals surface area contributed by atoms with Gasteiger partial charge in [-0.3, -0.25) is 0 Å². The van der Waals surface area contributed by atoms with E-state index in [2.05, 4.69) is 121 Å². The van der Waals surface area contributed by atoms with Crippen LogP contribution in [0.1, 0.15) is 22.3 Å². The summed E-state index contributed by atoms with van der Waals surface area (Å²) in [5, 5.41) is 0. The summed E-state index contributed by atoms with van der Waals surface area (Å²) in [7, 11) is 1.91. The molecular formula is C30H20S2. The van der Waals surface area contributed by atoms with Crippen LogP contribution < -0.4 is 0 Å². The van der Waals surface area contributed by atoms with Crippen molar-refractivity contribution in [3.63, 3.8) is 0 Å². The van der Waals surface area contributed by atoms with Crippen molar-refractivity contribution in [2.24, 2.45) is 0 Å². The average Bonchev–Trinajstić information content (AvgIpc) is 3.45. The maximum Gasteiger partial charge on any atom is 0.0442 e. The van der Waals surface area contributed by atoms with Crippen molar-refractivity contribution >= 4 is 32.0 Å². The highest BCUT2D eigenvalue weighted by molar-refractivity contribution is 8.00. The molecule has 1 aromatic heterocycles. The molecule has 0 saturated heterocycles. The third-order valence-corrected chi connectivity index (χ3v) is 8.29. The summed E-state index contributed by atoms with van der Waals surface area (Å²) in [6.07, 6.45) is 0. The largest absolute Gasteiger partial charge is 0.134 e. The van der Waals surface area contributed by atoms with E-state index in [0.717, 1.165) is 0 Å².